The van der Waals surface area contributed by atoms with Gasteiger partial charge in [0.1, 0.15) is 11.6 Å². The molecule has 1 saturated carbocycles. The van der Waals surface area contributed by atoms with E-state index < -0.39 is 0 Å². The van der Waals surface area contributed by atoms with Crippen molar-refractivity contribution in [2.45, 2.75) is 19.3 Å². The first-order valence-corrected chi connectivity index (χ1v) is 5.35. The van der Waals surface area contributed by atoms with Crippen LogP contribution < -0.4 is 10.1 Å². The fourth-order valence-electron chi connectivity index (χ4n) is 1.67. The highest BCUT2D eigenvalue weighted by atomic mass is 19.1. The summed E-state index contributed by atoms with van der Waals surface area (Å²) < 4.78 is 17.9. The third kappa shape index (κ3) is 2.15. The molecule has 0 aliphatic heterocycles. The van der Waals surface area contributed by atoms with Crippen molar-refractivity contribution in [2.24, 2.45) is 5.92 Å². The molecule has 0 spiro atoms. The maximum atomic E-state index is 12.9. The van der Waals surface area contributed by atoms with E-state index in [2.05, 4.69) is 5.32 Å². The molecule has 0 saturated heterocycles. The first kappa shape index (κ1) is 10.9. The second-order valence-corrected chi connectivity index (χ2v) is 3.96. The van der Waals surface area contributed by atoms with Gasteiger partial charge in [-0.2, -0.15) is 0 Å². The molecule has 0 bridgehead atoms. The number of rotatable bonds is 3. The van der Waals surface area contributed by atoms with Crippen molar-refractivity contribution in [3.05, 3.63) is 24.0 Å². The highest BCUT2D eigenvalue weighted by Crippen LogP contribution is 2.30. The molecule has 0 unspecified atom stereocenters. The van der Waals surface area contributed by atoms with Gasteiger partial charge in [0, 0.05) is 12.0 Å². The minimum atomic E-state index is -0.376. The molecular weight excluding hydrogens is 209 g/mol. The van der Waals surface area contributed by atoms with Gasteiger partial charge in [0.15, 0.2) is 0 Å². The minimum absolute atomic E-state index is 0.00356. The molecule has 1 aliphatic carbocycles. The van der Waals surface area contributed by atoms with E-state index in [1.54, 1.807) is 0 Å². The Kier molecular flexibility index (Phi) is 3.08. The second kappa shape index (κ2) is 4.51. The van der Waals surface area contributed by atoms with Crippen LogP contribution in [0.5, 0.6) is 5.75 Å². The van der Waals surface area contributed by atoms with Crippen LogP contribution >= 0.6 is 0 Å². The highest BCUT2D eigenvalue weighted by Gasteiger charge is 2.25. The fourth-order valence-corrected chi connectivity index (χ4v) is 1.67. The first-order chi connectivity index (χ1) is 7.70. The van der Waals surface area contributed by atoms with Crippen LogP contribution in [-0.2, 0) is 4.79 Å². The summed E-state index contributed by atoms with van der Waals surface area (Å²) in [6, 6.07) is 4.08. The summed E-state index contributed by atoms with van der Waals surface area (Å²) in [6.07, 6.45) is 2.99. The number of carbonyl (C=O) groups is 1. The summed E-state index contributed by atoms with van der Waals surface area (Å²) in [7, 11) is 1.45. The molecule has 16 heavy (non-hydrogen) atoms. The molecule has 1 N–H and O–H groups in total. The van der Waals surface area contributed by atoms with Crippen molar-refractivity contribution in [3.63, 3.8) is 0 Å². The summed E-state index contributed by atoms with van der Waals surface area (Å²) in [5.74, 6) is 0.0806. The van der Waals surface area contributed by atoms with Crippen molar-refractivity contribution in [2.75, 3.05) is 12.4 Å². The lowest BCUT2D eigenvalue weighted by Crippen LogP contribution is -2.28. The number of benzene rings is 1. The van der Waals surface area contributed by atoms with E-state index in [1.165, 1.54) is 25.3 Å². The highest BCUT2D eigenvalue weighted by molar-refractivity contribution is 5.94. The van der Waals surface area contributed by atoms with Gasteiger partial charge in [0.05, 0.1) is 12.8 Å². The van der Waals surface area contributed by atoms with Crippen LogP contribution in [0.3, 0.4) is 0 Å². The lowest BCUT2D eigenvalue weighted by atomic mass is 9.85. The van der Waals surface area contributed by atoms with E-state index in [-0.39, 0.29) is 17.6 Å². The number of carbonyl (C=O) groups excluding carboxylic acids is 1. The molecule has 4 heteroatoms. The zero-order chi connectivity index (χ0) is 11.5. The molecule has 1 aliphatic rings. The van der Waals surface area contributed by atoms with Gasteiger partial charge in [0.25, 0.3) is 0 Å². The van der Waals surface area contributed by atoms with E-state index in [0.717, 1.165) is 19.3 Å². The van der Waals surface area contributed by atoms with E-state index in [0.29, 0.717) is 11.4 Å². The maximum absolute atomic E-state index is 12.9. The normalized spacial score (nSPS) is 15.4. The average molecular weight is 223 g/mol. The summed E-state index contributed by atoms with van der Waals surface area (Å²) in [6.45, 7) is 0. The number of hydrogen-bond donors (Lipinski definition) is 1. The summed E-state index contributed by atoms with van der Waals surface area (Å²) in [5.41, 5.74) is 0.529. The molecule has 86 valence electrons. The lowest BCUT2D eigenvalue weighted by molar-refractivity contribution is -0.122. The lowest BCUT2D eigenvalue weighted by Gasteiger charge is -2.24. The van der Waals surface area contributed by atoms with Crippen molar-refractivity contribution in [3.8, 4) is 5.75 Å². The third-order valence-corrected chi connectivity index (χ3v) is 2.90. The summed E-state index contributed by atoms with van der Waals surface area (Å²) in [5, 5.41) is 2.76. The number of anilines is 1. The Hall–Kier alpha value is -1.58. The molecule has 2 rings (SSSR count). The number of amides is 1. The van der Waals surface area contributed by atoms with Gasteiger partial charge in [-0.25, -0.2) is 4.39 Å². The second-order valence-electron chi connectivity index (χ2n) is 3.96. The van der Waals surface area contributed by atoms with Gasteiger partial charge in [0.2, 0.25) is 5.91 Å². The predicted molar refractivity (Wildman–Crippen MR) is 58.9 cm³/mol. The first-order valence-electron chi connectivity index (χ1n) is 5.35. The standard InChI is InChI=1S/C12H14FNO2/c1-16-11-7-9(13)5-6-10(11)14-12(15)8-3-2-4-8/h5-8H,2-4H2,1H3,(H,14,15). The van der Waals surface area contributed by atoms with E-state index in [1.807, 2.05) is 0 Å². The smallest absolute Gasteiger partial charge is 0.227 e. The van der Waals surface area contributed by atoms with Crippen LogP contribution in [0.2, 0.25) is 0 Å². The van der Waals surface area contributed by atoms with Crippen LogP contribution in [0, 0.1) is 11.7 Å². The molecule has 1 aromatic rings. The number of ether oxygens (including phenoxy) is 1. The van der Waals surface area contributed by atoms with Crippen molar-refractivity contribution >= 4 is 11.6 Å². The van der Waals surface area contributed by atoms with Gasteiger partial charge < -0.3 is 10.1 Å². The molecule has 3 nitrogen and oxygen atoms in total. The maximum Gasteiger partial charge on any atom is 0.227 e. The molecule has 1 fully saturated rings. The Bertz CT molecular complexity index is 402. The van der Waals surface area contributed by atoms with Gasteiger partial charge in [-0.05, 0) is 25.0 Å². The number of hydrogen-bond acceptors (Lipinski definition) is 2. The quantitative estimate of drug-likeness (QED) is 0.855. The molecule has 0 aromatic heterocycles. The van der Waals surface area contributed by atoms with Crippen LogP contribution in [-0.4, -0.2) is 13.0 Å². The molecule has 0 radical (unpaired) electrons. The molecule has 1 amide bonds. The zero-order valence-electron chi connectivity index (χ0n) is 9.13. The van der Waals surface area contributed by atoms with E-state index >= 15 is 0 Å². The van der Waals surface area contributed by atoms with Crippen molar-refractivity contribution < 1.29 is 13.9 Å². The Labute approximate surface area is 93.6 Å². The molecule has 0 heterocycles. The fraction of sp³-hybridized carbons (Fsp3) is 0.417. The molecule has 0 atom stereocenters. The van der Waals surface area contributed by atoms with Crippen LogP contribution in [0.25, 0.3) is 0 Å². The molecule has 1 aromatic carbocycles. The van der Waals surface area contributed by atoms with Crippen LogP contribution in [0.15, 0.2) is 18.2 Å². The Morgan fingerprint density at radius 1 is 1.50 bits per heavy atom. The average Bonchev–Trinajstić information content (AvgIpc) is 2.18. The molecular formula is C12H14FNO2. The number of halogens is 1. The van der Waals surface area contributed by atoms with Gasteiger partial charge >= 0.3 is 0 Å². The van der Waals surface area contributed by atoms with E-state index in [4.69, 9.17) is 4.74 Å². The van der Waals surface area contributed by atoms with Gasteiger partial charge in [-0.3, -0.25) is 4.79 Å². The topological polar surface area (TPSA) is 38.3 Å². The SMILES string of the molecule is COc1cc(F)ccc1NC(=O)C1CCC1. The van der Waals surface area contributed by atoms with Crippen molar-refractivity contribution in [1.29, 1.82) is 0 Å². The Balaban J connectivity index is 2.10. The number of nitrogens with one attached hydrogen (secondary N) is 1. The summed E-state index contributed by atoms with van der Waals surface area (Å²) >= 11 is 0. The van der Waals surface area contributed by atoms with Crippen molar-refractivity contribution in [1.82, 2.24) is 0 Å². The Morgan fingerprint density at radius 2 is 2.25 bits per heavy atom. The number of methoxy groups -OCH3 is 1. The third-order valence-electron chi connectivity index (χ3n) is 2.90. The van der Waals surface area contributed by atoms with Gasteiger partial charge in [-0.15, -0.1) is 0 Å². The zero-order valence-corrected chi connectivity index (χ0v) is 9.13. The summed E-state index contributed by atoms with van der Waals surface area (Å²) in [4.78, 5) is 11.7. The predicted octanol–water partition coefficient (Wildman–Crippen LogP) is 2.57. The Morgan fingerprint density at radius 3 is 2.81 bits per heavy atom. The van der Waals surface area contributed by atoms with Gasteiger partial charge in [-0.1, -0.05) is 6.42 Å². The van der Waals surface area contributed by atoms with E-state index in [9.17, 15) is 9.18 Å². The monoisotopic (exact) mass is 223 g/mol. The van der Waals surface area contributed by atoms with Crippen LogP contribution in [0.1, 0.15) is 19.3 Å². The largest absolute Gasteiger partial charge is 0.494 e. The van der Waals surface area contributed by atoms with Crippen LogP contribution in [0.4, 0.5) is 10.1 Å². The minimum Gasteiger partial charge on any atom is -0.494 e.